The maximum Gasteiger partial charge on any atom is 0.195 e. The van der Waals surface area contributed by atoms with Crippen molar-refractivity contribution in [3.05, 3.63) is 22.3 Å². The summed E-state index contributed by atoms with van der Waals surface area (Å²) in [5, 5.41) is 9.43. The monoisotopic (exact) mass is 308 g/mol. The van der Waals surface area contributed by atoms with Crippen LogP contribution in [-0.4, -0.2) is 39.3 Å². The molecule has 0 radical (unpaired) electrons. The molecule has 0 aliphatic carbocycles. The molecule has 6 heteroatoms. The quantitative estimate of drug-likeness (QED) is 0.875. The summed E-state index contributed by atoms with van der Waals surface area (Å²) in [5.74, 6) is 0.967. The number of likely N-dealkylation sites (tertiary alicyclic amines) is 1. The lowest BCUT2D eigenvalue weighted by molar-refractivity contribution is 0.202. The van der Waals surface area contributed by atoms with Gasteiger partial charge in [-0.1, -0.05) is 12.5 Å². The van der Waals surface area contributed by atoms with E-state index in [2.05, 4.69) is 44.1 Å². The molecule has 1 saturated heterocycles. The average molecular weight is 308 g/mol. The Balaban J connectivity index is 1.82. The highest BCUT2D eigenvalue weighted by Gasteiger charge is 2.19. The Labute approximate surface area is 128 Å². The number of aromatic nitrogens is 3. The molecule has 1 aliphatic heterocycles. The zero-order valence-electron chi connectivity index (χ0n) is 11.7. The normalized spacial score (nSPS) is 18.2. The van der Waals surface area contributed by atoms with Gasteiger partial charge in [-0.3, -0.25) is 9.67 Å². The van der Waals surface area contributed by atoms with Gasteiger partial charge in [-0.15, -0.1) is 11.3 Å². The number of rotatable bonds is 4. The molecule has 2 aromatic heterocycles. The second kappa shape index (κ2) is 6.20. The summed E-state index contributed by atoms with van der Waals surface area (Å²) < 4.78 is 2.88. The van der Waals surface area contributed by atoms with Gasteiger partial charge in [0.2, 0.25) is 0 Å². The van der Waals surface area contributed by atoms with Gasteiger partial charge in [0.1, 0.15) is 0 Å². The van der Waals surface area contributed by atoms with Crippen LogP contribution in [0, 0.1) is 4.77 Å². The Kier molecular flexibility index (Phi) is 4.33. The number of aromatic amines is 1. The lowest BCUT2D eigenvalue weighted by Gasteiger charge is -2.29. The largest absolute Gasteiger partial charge is 0.301 e. The van der Waals surface area contributed by atoms with E-state index in [1.54, 1.807) is 11.3 Å². The van der Waals surface area contributed by atoms with E-state index in [4.69, 9.17) is 12.2 Å². The van der Waals surface area contributed by atoms with Crippen LogP contribution in [0.4, 0.5) is 0 Å². The van der Waals surface area contributed by atoms with Gasteiger partial charge < -0.3 is 4.90 Å². The molecule has 0 saturated carbocycles. The van der Waals surface area contributed by atoms with Crippen molar-refractivity contribution in [2.24, 2.45) is 0 Å². The summed E-state index contributed by atoms with van der Waals surface area (Å²) in [6, 6.07) is 4.49. The SMILES string of the molecule is CC(CN1CCCCC1)n1c(-c2cccs2)n[nH]c1=S. The van der Waals surface area contributed by atoms with E-state index >= 15 is 0 Å². The molecule has 1 unspecified atom stereocenters. The summed E-state index contributed by atoms with van der Waals surface area (Å²) in [5.41, 5.74) is 0. The lowest BCUT2D eigenvalue weighted by Crippen LogP contribution is -2.34. The van der Waals surface area contributed by atoms with Gasteiger partial charge in [-0.05, 0) is 56.5 Å². The van der Waals surface area contributed by atoms with Gasteiger partial charge in [0, 0.05) is 12.6 Å². The molecule has 2 aromatic rings. The molecule has 0 bridgehead atoms. The number of thiophene rings is 1. The van der Waals surface area contributed by atoms with Gasteiger partial charge >= 0.3 is 0 Å². The van der Waals surface area contributed by atoms with Crippen molar-refractivity contribution >= 4 is 23.6 Å². The Hall–Kier alpha value is -0.980. The van der Waals surface area contributed by atoms with Crippen molar-refractivity contribution in [3.63, 3.8) is 0 Å². The zero-order valence-corrected chi connectivity index (χ0v) is 13.3. The van der Waals surface area contributed by atoms with E-state index < -0.39 is 0 Å². The minimum atomic E-state index is 0.344. The molecule has 1 N–H and O–H groups in total. The van der Waals surface area contributed by atoms with Gasteiger partial charge in [-0.25, -0.2) is 0 Å². The summed E-state index contributed by atoms with van der Waals surface area (Å²) in [4.78, 5) is 3.71. The third-order valence-electron chi connectivity index (χ3n) is 3.86. The van der Waals surface area contributed by atoms with Crippen LogP contribution in [0.2, 0.25) is 0 Å². The molecule has 108 valence electrons. The first-order valence-corrected chi connectivity index (χ1v) is 8.47. The van der Waals surface area contributed by atoms with Crippen LogP contribution in [0.1, 0.15) is 32.2 Å². The number of hydrogen-bond donors (Lipinski definition) is 1. The Bertz CT molecular complexity index is 593. The molecule has 1 atom stereocenters. The van der Waals surface area contributed by atoms with Crippen LogP contribution in [0.15, 0.2) is 17.5 Å². The first kappa shape index (κ1) is 14.0. The maximum atomic E-state index is 5.42. The molecule has 0 amide bonds. The molecule has 3 rings (SSSR count). The second-order valence-corrected chi connectivity index (χ2v) is 6.74. The fraction of sp³-hybridized carbons (Fsp3) is 0.571. The fourth-order valence-electron chi connectivity index (χ4n) is 2.89. The minimum absolute atomic E-state index is 0.344. The fourth-order valence-corrected chi connectivity index (χ4v) is 3.91. The molecular weight excluding hydrogens is 288 g/mol. The number of hydrogen-bond acceptors (Lipinski definition) is 4. The summed E-state index contributed by atoms with van der Waals surface area (Å²) in [7, 11) is 0. The lowest BCUT2D eigenvalue weighted by atomic mass is 10.1. The molecule has 3 heterocycles. The number of H-pyrrole nitrogens is 1. The van der Waals surface area contributed by atoms with Gasteiger partial charge in [0.05, 0.1) is 4.88 Å². The van der Waals surface area contributed by atoms with E-state index in [1.807, 2.05) is 0 Å². The summed E-state index contributed by atoms with van der Waals surface area (Å²) >= 11 is 7.13. The smallest absolute Gasteiger partial charge is 0.195 e. The number of piperidine rings is 1. The second-order valence-electron chi connectivity index (χ2n) is 5.41. The van der Waals surface area contributed by atoms with Crippen LogP contribution < -0.4 is 0 Å². The summed E-state index contributed by atoms with van der Waals surface area (Å²) in [6.07, 6.45) is 4.01. The Morgan fingerprint density at radius 1 is 1.40 bits per heavy atom. The first-order chi connectivity index (χ1) is 9.75. The van der Waals surface area contributed by atoms with E-state index in [9.17, 15) is 0 Å². The van der Waals surface area contributed by atoms with Crippen molar-refractivity contribution in [2.75, 3.05) is 19.6 Å². The van der Waals surface area contributed by atoms with Crippen LogP contribution in [-0.2, 0) is 0 Å². The first-order valence-electron chi connectivity index (χ1n) is 7.19. The Morgan fingerprint density at radius 3 is 2.90 bits per heavy atom. The van der Waals surface area contributed by atoms with Crippen molar-refractivity contribution < 1.29 is 0 Å². The molecule has 20 heavy (non-hydrogen) atoms. The number of nitrogens with zero attached hydrogens (tertiary/aromatic N) is 3. The topological polar surface area (TPSA) is 36.9 Å². The van der Waals surface area contributed by atoms with Crippen molar-refractivity contribution in [3.8, 4) is 10.7 Å². The highest BCUT2D eigenvalue weighted by molar-refractivity contribution is 7.71. The van der Waals surface area contributed by atoms with E-state index in [0.29, 0.717) is 6.04 Å². The molecule has 0 spiro atoms. The standard InChI is InChI=1S/C14H20N4S2/c1-11(10-17-7-3-2-4-8-17)18-13(15-16-14(18)19)12-6-5-9-20-12/h5-6,9,11H,2-4,7-8,10H2,1H3,(H,16,19). The van der Waals surface area contributed by atoms with Crippen LogP contribution >= 0.6 is 23.6 Å². The predicted octanol–water partition coefficient (Wildman–Crippen LogP) is 3.72. The van der Waals surface area contributed by atoms with E-state index in [-0.39, 0.29) is 0 Å². The molecule has 1 fully saturated rings. The number of nitrogens with one attached hydrogen (secondary N) is 1. The molecular formula is C14H20N4S2. The van der Waals surface area contributed by atoms with Crippen LogP contribution in [0.25, 0.3) is 10.7 Å². The minimum Gasteiger partial charge on any atom is -0.301 e. The Morgan fingerprint density at radius 2 is 2.20 bits per heavy atom. The van der Waals surface area contributed by atoms with E-state index in [0.717, 1.165) is 17.1 Å². The average Bonchev–Trinajstić information content (AvgIpc) is 3.08. The van der Waals surface area contributed by atoms with Gasteiger partial charge in [0.25, 0.3) is 0 Å². The summed E-state index contributed by atoms with van der Waals surface area (Å²) in [6.45, 7) is 5.71. The molecule has 4 nitrogen and oxygen atoms in total. The van der Waals surface area contributed by atoms with E-state index in [1.165, 1.54) is 37.2 Å². The third kappa shape index (κ3) is 2.87. The van der Waals surface area contributed by atoms with Gasteiger partial charge in [-0.2, -0.15) is 5.10 Å². The van der Waals surface area contributed by atoms with Gasteiger partial charge in [0.15, 0.2) is 10.6 Å². The highest BCUT2D eigenvalue weighted by atomic mass is 32.1. The zero-order chi connectivity index (χ0) is 13.9. The van der Waals surface area contributed by atoms with Crippen molar-refractivity contribution in [1.29, 1.82) is 0 Å². The maximum absolute atomic E-state index is 5.42. The molecule has 0 aromatic carbocycles. The highest BCUT2D eigenvalue weighted by Crippen LogP contribution is 2.26. The molecule has 1 aliphatic rings. The predicted molar refractivity (Wildman–Crippen MR) is 85.7 cm³/mol. The van der Waals surface area contributed by atoms with Crippen LogP contribution in [0.5, 0.6) is 0 Å². The van der Waals surface area contributed by atoms with Crippen molar-refractivity contribution in [2.45, 2.75) is 32.2 Å². The van der Waals surface area contributed by atoms with Crippen molar-refractivity contribution in [1.82, 2.24) is 19.7 Å². The third-order valence-corrected chi connectivity index (χ3v) is 5.01. The van der Waals surface area contributed by atoms with Crippen LogP contribution in [0.3, 0.4) is 0 Å².